The van der Waals surface area contributed by atoms with Gasteiger partial charge in [0.25, 0.3) is 5.91 Å². The summed E-state index contributed by atoms with van der Waals surface area (Å²) in [6, 6.07) is 8.95. The molecule has 0 radical (unpaired) electrons. The first kappa shape index (κ1) is 19.8. The van der Waals surface area contributed by atoms with Gasteiger partial charge in [-0.15, -0.1) is 0 Å². The summed E-state index contributed by atoms with van der Waals surface area (Å²) in [5.74, 6) is -3.60. The molecule has 2 amide bonds. The molecule has 0 aliphatic rings. The molecule has 0 aliphatic heterocycles. The summed E-state index contributed by atoms with van der Waals surface area (Å²) in [6.45, 7) is -0.771. The van der Waals surface area contributed by atoms with Crippen LogP contribution in [0.1, 0.15) is 10.4 Å². The van der Waals surface area contributed by atoms with E-state index < -0.39 is 29.4 Å². The van der Waals surface area contributed by atoms with Crippen LogP contribution < -0.4 is 15.4 Å². The highest BCUT2D eigenvalue weighted by molar-refractivity contribution is 5.94. The number of amides is 2. The van der Waals surface area contributed by atoms with Crippen LogP contribution in [0.2, 0.25) is 0 Å². The van der Waals surface area contributed by atoms with Gasteiger partial charge < -0.3 is 20.1 Å². The molecule has 7 nitrogen and oxygen atoms in total. The third-order valence-electron chi connectivity index (χ3n) is 3.27. The second kappa shape index (κ2) is 9.27. The molecule has 2 N–H and O–H groups in total. The van der Waals surface area contributed by atoms with Gasteiger partial charge in [0, 0.05) is 11.8 Å². The van der Waals surface area contributed by atoms with E-state index in [0.29, 0.717) is 0 Å². The van der Waals surface area contributed by atoms with Gasteiger partial charge in [0.15, 0.2) is 18.2 Å². The number of esters is 1. The molecule has 0 unspecified atom stereocenters. The van der Waals surface area contributed by atoms with Gasteiger partial charge in [-0.25, -0.2) is 13.6 Å². The Bertz CT molecular complexity index is 857. The first-order valence-corrected chi connectivity index (χ1v) is 7.72. The van der Waals surface area contributed by atoms with E-state index in [1.807, 2.05) is 0 Å². The van der Waals surface area contributed by atoms with Gasteiger partial charge in [-0.05, 0) is 30.3 Å². The highest BCUT2D eigenvalue weighted by Crippen LogP contribution is 2.14. The van der Waals surface area contributed by atoms with Crippen molar-refractivity contribution in [3.8, 4) is 5.75 Å². The molecule has 0 aromatic heterocycles. The Hall–Kier alpha value is -3.49. The van der Waals surface area contributed by atoms with Crippen LogP contribution in [0.15, 0.2) is 42.5 Å². The molecule has 9 heteroatoms. The Morgan fingerprint density at radius 1 is 1.00 bits per heavy atom. The van der Waals surface area contributed by atoms with E-state index >= 15 is 0 Å². The van der Waals surface area contributed by atoms with Gasteiger partial charge in [0.1, 0.15) is 5.75 Å². The van der Waals surface area contributed by atoms with Crippen molar-refractivity contribution in [2.24, 2.45) is 0 Å². The number of halogens is 2. The molecule has 2 aromatic rings. The number of hydrogen-bond acceptors (Lipinski definition) is 5. The summed E-state index contributed by atoms with van der Waals surface area (Å²) in [5, 5.41) is 4.63. The fourth-order valence-corrected chi connectivity index (χ4v) is 1.99. The highest BCUT2D eigenvalue weighted by Gasteiger charge is 2.10. The molecule has 0 spiro atoms. The lowest BCUT2D eigenvalue weighted by Crippen LogP contribution is -2.35. The second-order valence-electron chi connectivity index (χ2n) is 5.26. The number of benzene rings is 2. The lowest BCUT2D eigenvalue weighted by Gasteiger charge is -2.09. The Balaban J connectivity index is 1.78. The van der Waals surface area contributed by atoms with Crippen LogP contribution in [0, 0.1) is 11.6 Å². The molecule has 0 bridgehead atoms. The minimum Gasteiger partial charge on any atom is -0.484 e. The van der Waals surface area contributed by atoms with E-state index in [1.54, 1.807) is 12.1 Å². The smallest absolute Gasteiger partial charge is 0.337 e. The Morgan fingerprint density at radius 3 is 2.48 bits per heavy atom. The normalized spacial score (nSPS) is 10.0. The molecule has 0 atom stereocenters. The maximum Gasteiger partial charge on any atom is 0.337 e. The second-order valence-corrected chi connectivity index (χ2v) is 5.26. The topological polar surface area (TPSA) is 93.7 Å². The minimum atomic E-state index is -1.10. The van der Waals surface area contributed by atoms with Crippen molar-refractivity contribution in [1.82, 2.24) is 5.32 Å². The Kier molecular flexibility index (Phi) is 6.81. The quantitative estimate of drug-likeness (QED) is 0.718. The fourth-order valence-electron chi connectivity index (χ4n) is 1.99. The fraction of sp³-hybridized carbons (Fsp3) is 0.167. The first-order valence-electron chi connectivity index (χ1n) is 7.72. The van der Waals surface area contributed by atoms with Crippen molar-refractivity contribution in [1.29, 1.82) is 0 Å². The zero-order valence-electron chi connectivity index (χ0n) is 14.3. The summed E-state index contributed by atoms with van der Waals surface area (Å²) in [5.41, 5.74) is 0.324. The summed E-state index contributed by atoms with van der Waals surface area (Å²) in [7, 11) is 1.24. The molecule has 27 heavy (non-hydrogen) atoms. The van der Waals surface area contributed by atoms with Gasteiger partial charge in [-0.1, -0.05) is 6.07 Å². The number of carbonyl (C=O) groups excluding carboxylic acids is 3. The van der Waals surface area contributed by atoms with Crippen LogP contribution in [-0.2, 0) is 14.3 Å². The average Bonchev–Trinajstić information content (AvgIpc) is 2.67. The number of methoxy groups -OCH3 is 1. The average molecular weight is 378 g/mol. The van der Waals surface area contributed by atoms with E-state index in [-0.39, 0.29) is 30.2 Å². The number of nitrogens with one attached hydrogen (secondary N) is 2. The number of hydrogen-bond donors (Lipinski definition) is 2. The van der Waals surface area contributed by atoms with Gasteiger partial charge >= 0.3 is 5.97 Å². The van der Waals surface area contributed by atoms with Crippen LogP contribution in [0.5, 0.6) is 5.75 Å². The van der Waals surface area contributed by atoms with Crippen LogP contribution in [-0.4, -0.2) is 38.0 Å². The molecule has 0 saturated heterocycles. The predicted molar refractivity (Wildman–Crippen MR) is 91.3 cm³/mol. The van der Waals surface area contributed by atoms with Crippen molar-refractivity contribution < 1.29 is 32.6 Å². The van der Waals surface area contributed by atoms with E-state index in [1.165, 1.54) is 25.3 Å². The Morgan fingerprint density at radius 2 is 1.78 bits per heavy atom. The zero-order chi connectivity index (χ0) is 19.8. The van der Waals surface area contributed by atoms with Gasteiger partial charge in [0.2, 0.25) is 5.91 Å². The van der Waals surface area contributed by atoms with Crippen molar-refractivity contribution in [2.45, 2.75) is 0 Å². The third-order valence-corrected chi connectivity index (χ3v) is 3.27. The summed E-state index contributed by atoms with van der Waals surface area (Å²) in [6.07, 6.45) is 0. The van der Waals surface area contributed by atoms with E-state index in [0.717, 1.165) is 12.1 Å². The summed E-state index contributed by atoms with van der Waals surface area (Å²) in [4.78, 5) is 34.9. The summed E-state index contributed by atoms with van der Waals surface area (Å²) >= 11 is 0. The van der Waals surface area contributed by atoms with E-state index in [4.69, 9.17) is 4.74 Å². The maximum atomic E-state index is 13.1. The molecule has 0 saturated carbocycles. The SMILES string of the molecule is COC(=O)c1cccc(OCC(=O)NCC(=O)Nc2ccc(F)c(F)c2)c1. The van der Waals surface area contributed by atoms with Gasteiger partial charge in [0.05, 0.1) is 19.2 Å². The molecule has 0 fully saturated rings. The van der Waals surface area contributed by atoms with Crippen LogP contribution >= 0.6 is 0 Å². The van der Waals surface area contributed by atoms with Crippen molar-refractivity contribution in [3.05, 3.63) is 59.7 Å². The van der Waals surface area contributed by atoms with Gasteiger partial charge in [-0.3, -0.25) is 9.59 Å². The van der Waals surface area contributed by atoms with Crippen molar-refractivity contribution >= 4 is 23.5 Å². The van der Waals surface area contributed by atoms with E-state index in [9.17, 15) is 23.2 Å². The molecule has 142 valence electrons. The lowest BCUT2D eigenvalue weighted by atomic mass is 10.2. The lowest BCUT2D eigenvalue weighted by molar-refractivity contribution is -0.125. The number of carbonyl (C=O) groups is 3. The number of anilines is 1. The van der Waals surface area contributed by atoms with Crippen LogP contribution in [0.4, 0.5) is 14.5 Å². The highest BCUT2D eigenvalue weighted by atomic mass is 19.2. The van der Waals surface area contributed by atoms with Crippen molar-refractivity contribution in [3.63, 3.8) is 0 Å². The minimum absolute atomic E-state index is 0.0593. The predicted octanol–water partition coefficient (Wildman–Crippen LogP) is 1.89. The molecule has 0 aliphatic carbocycles. The van der Waals surface area contributed by atoms with E-state index in [2.05, 4.69) is 15.4 Å². The standard InChI is InChI=1S/C18H16F2N2O5/c1-26-18(25)11-3-2-4-13(7-11)27-10-17(24)21-9-16(23)22-12-5-6-14(19)15(20)8-12/h2-8H,9-10H2,1H3,(H,21,24)(H,22,23). The largest absolute Gasteiger partial charge is 0.484 e. The number of rotatable bonds is 7. The Labute approximate surface area is 153 Å². The molecule has 2 aromatic carbocycles. The third kappa shape index (κ3) is 6.07. The molecular weight excluding hydrogens is 362 g/mol. The van der Waals surface area contributed by atoms with Crippen LogP contribution in [0.3, 0.4) is 0 Å². The van der Waals surface area contributed by atoms with Gasteiger partial charge in [-0.2, -0.15) is 0 Å². The summed E-state index contributed by atoms with van der Waals surface area (Å²) < 4.78 is 35.7. The first-order chi connectivity index (χ1) is 12.9. The zero-order valence-corrected chi connectivity index (χ0v) is 14.3. The van der Waals surface area contributed by atoms with Crippen molar-refractivity contribution in [2.75, 3.05) is 25.6 Å². The molecular formula is C18H16F2N2O5. The molecule has 2 rings (SSSR count). The number of ether oxygens (including phenoxy) is 2. The maximum absolute atomic E-state index is 13.1. The van der Waals surface area contributed by atoms with Crippen LogP contribution in [0.25, 0.3) is 0 Å². The monoisotopic (exact) mass is 378 g/mol. The molecule has 0 heterocycles.